The van der Waals surface area contributed by atoms with Crippen LogP contribution < -0.4 is 11.1 Å². The summed E-state index contributed by atoms with van der Waals surface area (Å²) in [6, 6.07) is 2.04. The fourth-order valence-corrected chi connectivity index (χ4v) is 3.81. The molecule has 3 rings (SSSR count). The van der Waals surface area contributed by atoms with Gasteiger partial charge in [-0.3, -0.25) is 14.2 Å². The molecule has 4 nitrogen and oxygen atoms in total. The van der Waals surface area contributed by atoms with Crippen LogP contribution in [0.5, 0.6) is 0 Å². The summed E-state index contributed by atoms with van der Waals surface area (Å²) in [6.07, 6.45) is 6.17. The Morgan fingerprint density at radius 2 is 1.96 bits per heavy atom. The minimum atomic E-state index is -0.454. The molecule has 1 aliphatic heterocycles. The number of rotatable bonds is 3. The number of benzene rings is 1. The average Bonchev–Trinajstić information content (AvgIpc) is 2.52. The molecule has 1 aromatic carbocycles. The van der Waals surface area contributed by atoms with E-state index >= 15 is 0 Å². The first kappa shape index (κ1) is 16.5. The molecule has 0 spiro atoms. The van der Waals surface area contributed by atoms with E-state index in [2.05, 4.69) is 34.3 Å². The van der Waals surface area contributed by atoms with Crippen molar-refractivity contribution >= 4 is 11.0 Å². The highest BCUT2D eigenvalue weighted by molar-refractivity contribution is 5.83. The summed E-state index contributed by atoms with van der Waals surface area (Å²) in [4.78, 5) is 25.3. The van der Waals surface area contributed by atoms with E-state index in [-0.39, 0.29) is 5.41 Å². The van der Waals surface area contributed by atoms with Crippen molar-refractivity contribution in [3.63, 3.8) is 0 Å². The van der Waals surface area contributed by atoms with Gasteiger partial charge < -0.3 is 4.57 Å². The molecule has 4 heteroatoms. The van der Waals surface area contributed by atoms with Crippen molar-refractivity contribution in [2.75, 3.05) is 0 Å². The highest BCUT2D eigenvalue weighted by Crippen LogP contribution is 2.39. The molecule has 0 fully saturated rings. The second-order valence-corrected chi connectivity index (χ2v) is 7.23. The molecule has 1 aliphatic rings. The van der Waals surface area contributed by atoms with Gasteiger partial charge in [0.1, 0.15) is 0 Å². The largest absolute Gasteiger partial charge is 0.317 e. The molecule has 0 saturated carbocycles. The van der Waals surface area contributed by atoms with Crippen LogP contribution in [0, 0.1) is 13.8 Å². The maximum Gasteiger partial charge on any atom is 0.317 e. The fourth-order valence-electron chi connectivity index (χ4n) is 3.81. The van der Waals surface area contributed by atoms with Crippen LogP contribution in [-0.2, 0) is 18.5 Å². The molecule has 24 heavy (non-hydrogen) atoms. The first-order chi connectivity index (χ1) is 11.3. The van der Waals surface area contributed by atoms with Crippen LogP contribution in [-0.4, -0.2) is 9.13 Å². The second-order valence-electron chi connectivity index (χ2n) is 7.23. The van der Waals surface area contributed by atoms with Gasteiger partial charge >= 0.3 is 11.1 Å². The molecule has 0 radical (unpaired) electrons. The standard InChI is InChI=1S/C20H24N2O2/c1-6-7-8-10-21-15-12-13(2)14(3)16-17(15)22(19(24)18(21)23)11-9-20(16,4)5/h6-8,12H,1,9-11H2,2-5H3/b8-7+. The van der Waals surface area contributed by atoms with Gasteiger partial charge in [-0.15, -0.1) is 0 Å². The van der Waals surface area contributed by atoms with Crippen LogP contribution in [0.2, 0.25) is 0 Å². The quantitative estimate of drug-likeness (QED) is 0.643. The van der Waals surface area contributed by atoms with Crippen LogP contribution in [0.1, 0.15) is 37.0 Å². The summed E-state index contributed by atoms with van der Waals surface area (Å²) in [5.41, 5.74) is 4.44. The molecule has 0 saturated heterocycles. The third-order valence-corrected chi connectivity index (χ3v) is 5.23. The monoisotopic (exact) mass is 324 g/mol. The Bertz CT molecular complexity index is 988. The van der Waals surface area contributed by atoms with Crippen LogP contribution >= 0.6 is 0 Å². The summed E-state index contributed by atoms with van der Waals surface area (Å²) in [7, 11) is 0. The lowest BCUT2D eigenvalue weighted by Crippen LogP contribution is -2.45. The van der Waals surface area contributed by atoms with E-state index in [1.54, 1.807) is 21.3 Å². The zero-order valence-corrected chi connectivity index (χ0v) is 14.8. The summed E-state index contributed by atoms with van der Waals surface area (Å²) in [5, 5.41) is 0. The number of hydrogen-bond acceptors (Lipinski definition) is 2. The Morgan fingerprint density at radius 3 is 2.62 bits per heavy atom. The van der Waals surface area contributed by atoms with Crippen LogP contribution in [0.4, 0.5) is 0 Å². The molecule has 0 N–H and O–H groups in total. The van der Waals surface area contributed by atoms with Gasteiger partial charge in [0.25, 0.3) is 0 Å². The van der Waals surface area contributed by atoms with Gasteiger partial charge in [-0.1, -0.05) is 38.7 Å². The van der Waals surface area contributed by atoms with Crippen molar-refractivity contribution < 1.29 is 0 Å². The predicted molar refractivity (Wildman–Crippen MR) is 98.9 cm³/mol. The molecule has 126 valence electrons. The summed E-state index contributed by atoms with van der Waals surface area (Å²) in [5.74, 6) is 0. The van der Waals surface area contributed by atoms with Crippen molar-refractivity contribution in [3.05, 3.63) is 68.3 Å². The lowest BCUT2D eigenvalue weighted by molar-refractivity contribution is 0.412. The molecule has 2 aromatic rings. The predicted octanol–water partition coefficient (Wildman–Crippen LogP) is 3.20. The molecule has 1 aromatic heterocycles. The van der Waals surface area contributed by atoms with Crippen molar-refractivity contribution in [1.82, 2.24) is 9.13 Å². The smallest absolute Gasteiger partial charge is 0.302 e. The maximum absolute atomic E-state index is 12.6. The number of hydrogen-bond donors (Lipinski definition) is 0. The zero-order chi connectivity index (χ0) is 17.6. The number of aromatic nitrogens is 2. The van der Waals surface area contributed by atoms with Gasteiger partial charge in [0.05, 0.1) is 11.0 Å². The van der Waals surface area contributed by atoms with E-state index in [0.717, 1.165) is 23.0 Å². The van der Waals surface area contributed by atoms with Crippen molar-refractivity contribution in [3.8, 4) is 0 Å². The van der Waals surface area contributed by atoms with E-state index in [1.807, 2.05) is 12.1 Å². The topological polar surface area (TPSA) is 44.0 Å². The lowest BCUT2D eigenvalue weighted by Gasteiger charge is -2.35. The third kappa shape index (κ3) is 2.29. The van der Waals surface area contributed by atoms with Gasteiger partial charge in [0.2, 0.25) is 0 Å². The zero-order valence-electron chi connectivity index (χ0n) is 14.8. The van der Waals surface area contributed by atoms with Gasteiger partial charge in [-0.25, -0.2) is 0 Å². The Labute approximate surface area is 141 Å². The SMILES string of the molecule is C=C/C=C/Cn1c(=O)c(=O)n2c3c(c(C)c(C)cc31)C(C)(C)CC2. The molecule has 0 amide bonds. The van der Waals surface area contributed by atoms with Crippen LogP contribution in [0.25, 0.3) is 11.0 Å². The van der Waals surface area contributed by atoms with Crippen LogP contribution in [0.15, 0.2) is 40.5 Å². The van der Waals surface area contributed by atoms with Crippen LogP contribution in [0.3, 0.4) is 0 Å². The van der Waals surface area contributed by atoms with Gasteiger partial charge in [0.15, 0.2) is 0 Å². The Balaban J connectivity index is 2.51. The fraction of sp³-hybridized carbons (Fsp3) is 0.400. The normalized spacial score (nSPS) is 16.0. The van der Waals surface area contributed by atoms with Crippen molar-refractivity contribution in [2.24, 2.45) is 0 Å². The number of nitrogens with zero attached hydrogens (tertiary/aromatic N) is 2. The molecule has 0 aliphatic carbocycles. The van der Waals surface area contributed by atoms with Crippen molar-refractivity contribution in [2.45, 2.75) is 52.6 Å². The number of aryl methyl sites for hydroxylation is 2. The Hall–Kier alpha value is -2.36. The Morgan fingerprint density at radius 1 is 1.25 bits per heavy atom. The molecule has 0 bridgehead atoms. The van der Waals surface area contributed by atoms with Crippen molar-refractivity contribution in [1.29, 1.82) is 0 Å². The van der Waals surface area contributed by atoms with E-state index < -0.39 is 11.1 Å². The lowest BCUT2D eigenvalue weighted by atomic mass is 9.75. The molecule has 2 heterocycles. The summed E-state index contributed by atoms with van der Waals surface area (Å²) < 4.78 is 3.27. The second kappa shape index (κ2) is 5.62. The summed E-state index contributed by atoms with van der Waals surface area (Å²) >= 11 is 0. The third-order valence-electron chi connectivity index (χ3n) is 5.23. The molecular weight excluding hydrogens is 300 g/mol. The number of allylic oxidation sites excluding steroid dienone is 3. The first-order valence-corrected chi connectivity index (χ1v) is 8.35. The van der Waals surface area contributed by atoms with E-state index in [9.17, 15) is 9.59 Å². The van der Waals surface area contributed by atoms with E-state index in [1.165, 1.54) is 11.1 Å². The molecule has 0 unspecified atom stereocenters. The highest BCUT2D eigenvalue weighted by Gasteiger charge is 2.32. The average molecular weight is 324 g/mol. The Kier molecular flexibility index (Phi) is 3.86. The van der Waals surface area contributed by atoms with E-state index in [0.29, 0.717) is 13.1 Å². The van der Waals surface area contributed by atoms with Gasteiger partial charge in [-0.2, -0.15) is 0 Å². The van der Waals surface area contributed by atoms with E-state index in [4.69, 9.17) is 0 Å². The minimum Gasteiger partial charge on any atom is -0.302 e. The molecular formula is C20H24N2O2. The maximum atomic E-state index is 12.6. The minimum absolute atomic E-state index is 0.0139. The molecule has 0 atom stereocenters. The van der Waals surface area contributed by atoms with Gasteiger partial charge in [-0.05, 0) is 48.4 Å². The first-order valence-electron chi connectivity index (χ1n) is 8.35. The highest BCUT2D eigenvalue weighted by atomic mass is 16.2. The summed E-state index contributed by atoms with van der Waals surface area (Å²) in [6.45, 7) is 13.2. The van der Waals surface area contributed by atoms with Gasteiger partial charge in [0, 0.05) is 13.1 Å².